The molecule has 2 aromatic rings. The highest BCUT2D eigenvalue weighted by molar-refractivity contribution is 5.08. The Morgan fingerprint density at radius 3 is 2.00 bits per heavy atom. The maximum absolute atomic E-state index is 4.76. The SMILES string of the molecule is Cc1nccc(CC(C)(C)Cc2nccc(CC(C)(C)C)n2)n1. The molecule has 0 aliphatic carbocycles. The van der Waals surface area contributed by atoms with Crippen molar-refractivity contribution in [1.29, 1.82) is 0 Å². The first-order valence-corrected chi connectivity index (χ1v) is 8.22. The Balaban J connectivity index is 2.09. The lowest BCUT2D eigenvalue weighted by Crippen LogP contribution is -2.21. The van der Waals surface area contributed by atoms with Gasteiger partial charge in [-0.1, -0.05) is 34.6 Å². The Kier molecular flexibility index (Phi) is 5.12. The number of aryl methyl sites for hydroxylation is 1. The largest absolute Gasteiger partial charge is 0.242 e. The van der Waals surface area contributed by atoms with E-state index in [-0.39, 0.29) is 10.8 Å². The molecule has 2 rings (SSSR count). The van der Waals surface area contributed by atoms with Gasteiger partial charge in [0.2, 0.25) is 0 Å². The molecule has 2 heterocycles. The van der Waals surface area contributed by atoms with Crippen LogP contribution in [-0.2, 0) is 19.3 Å². The van der Waals surface area contributed by atoms with Crippen LogP contribution in [0.4, 0.5) is 0 Å². The van der Waals surface area contributed by atoms with Crippen molar-refractivity contribution >= 4 is 0 Å². The molecule has 4 nitrogen and oxygen atoms in total. The van der Waals surface area contributed by atoms with Crippen LogP contribution in [-0.4, -0.2) is 19.9 Å². The smallest absolute Gasteiger partial charge is 0.129 e. The summed E-state index contributed by atoms with van der Waals surface area (Å²) in [5.41, 5.74) is 2.49. The molecule has 124 valence electrons. The average molecular weight is 312 g/mol. The highest BCUT2D eigenvalue weighted by Crippen LogP contribution is 2.25. The summed E-state index contributed by atoms with van der Waals surface area (Å²) in [6.45, 7) is 13.1. The van der Waals surface area contributed by atoms with Gasteiger partial charge in [-0.2, -0.15) is 0 Å². The molecule has 23 heavy (non-hydrogen) atoms. The quantitative estimate of drug-likeness (QED) is 0.838. The molecule has 0 aromatic carbocycles. The summed E-state index contributed by atoms with van der Waals surface area (Å²) in [5.74, 6) is 1.74. The lowest BCUT2D eigenvalue weighted by atomic mass is 9.84. The maximum Gasteiger partial charge on any atom is 0.129 e. The van der Waals surface area contributed by atoms with Gasteiger partial charge in [-0.25, -0.2) is 19.9 Å². The molecule has 0 atom stereocenters. The summed E-state index contributed by atoms with van der Waals surface area (Å²) in [6.07, 6.45) is 6.41. The molecule has 0 N–H and O–H groups in total. The standard InChI is InChI=1S/C19H28N4/c1-14-20-9-7-16(22-14)12-19(5,6)13-17-21-10-8-15(23-17)11-18(2,3)4/h7-10H,11-13H2,1-6H3. The minimum atomic E-state index is 0.0567. The summed E-state index contributed by atoms with van der Waals surface area (Å²) in [5, 5.41) is 0. The Hall–Kier alpha value is -1.84. The summed E-state index contributed by atoms with van der Waals surface area (Å²) in [7, 11) is 0. The van der Waals surface area contributed by atoms with Crippen molar-refractivity contribution in [2.75, 3.05) is 0 Å². The third-order valence-corrected chi connectivity index (χ3v) is 3.60. The Labute approximate surface area is 139 Å². The van der Waals surface area contributed by atoms with E-state index in [9.17, 15) is 0 Å². The van der Waals surface area contributed by atoms with Crippen LogP contribution >= 0.6 is 0 Å². The molecular weight excluding hydrogens is 284 g/mol. The van der Waals surface area contributed by atoms with E-state index < -0.39 is 0 Å². The van der Waals surface area contributed by atoms with Gasteiger partial charge in [0.1, 0.15) is 11.6 Å². The normalized spacial score (nSPS) is 12.4. The summed E-state index contributed by atoms with van der Waals surface area (Å²) in [6, 6.07) is 4.02. The Bertz CT molecular complexity index is 656. The van der Waals surface area contributed by atoms with E-state index in [1.807, 2.05) is 31.5 Å². The minimum Gasteiger partial charge on any atom is -0.242 e. The first kappa shape index (κ1) is 17.5. The van der Waals surface area contributed by atoms with Gasteiger partial charge in [-0.15, -0.1) is 0 Å². The molecule has 0 saturated carbocycles. The van der Waals surface area contributed by atoms with Crippen LogP contribution in [0.25, 0.3) is 0 Å². The molecule has 0 radical (unpaired) electrons. The molecule has 0 fully saturated rings. The van der Waals surface area contributed by atoms with Gasteiger partial charge in [0.25, 0.3) is 0 Å². The van der Waals surface area contributed by atoms with E-state index in [4.69, 9.17) is 4.98 Å². The second-order valence-electron chi connectivity index (χ2n) is 8.31. The van der Waals surface area contributed by atoms with Gasteiger partial charge >= 0.3 is 0 Å². The molecule has 0 bridgehead atoms. The molecule has 0 saturated heterocycles. The van der Waals surface area contributed by atoms with Gasteiger partial charge in [-0.05, 0) is 42.7 Å². The number of nitrogens with zero attached hydrogens (tertiary/aromatic N) is 4. The second kappa shape index (κ2) is 6.73. The lowest BCUT2D eigenvalue weighted by molar-refractivity contribution is 0.346. The molecule has 2 aromatic heterocycles. The van der Waals surface area contributed by atoms with Crippen molar-refractivity contribution in [2.45, 2.75) is 60.8 Å². The van der Waals surface area contributed by atoms with E-state index in [2.05, 4.69) is 49.6 Å². The Morgan fingerprint density at radius 1 is 0.783 bits per heavy atom. The minimum absolute atomic E-state index is 0.0567. The molecule has 0 aliphatic heterocycles. The molecule has 0 aliphatic rings. The average Bonchev–Trinajstić information content (AvgIpc) is 2.35. The number of hydrogen-bond acceptors (Lipinski definition) is 4. The highest BCUT2D eigenvalue weighted by Gasteiger charge is 2.22. The van der Waals surface area contributed by atoms with Crippen molar-refractivity contribution in [1.82, 2.24) is 19.9 Å². The van der Waals surface area contributed by atoms with Gasteiger partial charge in [0.05, 0.1) is 0 Å². The van der Waals surface area contributed by atoms with Crippen molar-refractivity contribution in [2.24, 2.45) is 10.8 Å². The molecule has 0 unspecified atom stereocenters. The van der Waals surface area contributed by atoms with Crippen LogP contribution in [0.15, 0.2) is 24.5 Å². The number of rotatable bonds is 5. The van der Waals surface area contributed by atoms with Crippen molar-refractivity contribution in [3.05, 3.63) is 47.6 Å². The summed E-state index contributed by atoms with van der Waals surface area (Å²) in [4.78, 5) is 17.9. The first-order valence-electron chi connectivity index (χ1n) is 8.22. The molecular formula is C19H28N4. The maximum atomic E-state index is 4.76. The fraction of sp³-hybridized carbons (Fsp3) is 0.579. The van der Waals surface area contributed by atoms with Crippen LogP contribution < -0.4 is 0 Å². The van der Waals surface area contributed by atoms with Crippen LogP contribution in [0, 0.1) is 17.8 Å². The van der Waals surface area contributed by atoms with E-state index in [1.165, 1.54) is 0 Å². The second-order valence-corrected chi connectivity index (χ2v) is 8.31. The zero-order valence-corrected chi connectivity index (χ0v) is 15.2. The zero-order valence-electron chi connectivity index (χ0n) is 15.2. The van der Waals surface area contributed by atoms with Crippen LogP contribution in [0.3, 0.4) is 0 Å². The Morgan fingerprint density at radius 2 is 1.39 bits per heavy atom. The van der Waals surface area contributed by atoms with Crippen LogP contribution in [0.2, 0.25) is 0 Å². The van der Waals surface area contributed by atoms with Gasteiger partial charge in [0.15, 0.2) is 0 Å². The predicted molar refractivity (Wildman–Crippen MR) is 93.1 cm³/mol. The zero-order chi connectivity index (χ0) is 17.1. The van der Waals surface area contributed by atoms with E-state index in [0.717, 1.165) is 42.3 Å². The van der Waals surface area contributed by atoms with Gasteiger partial charge in [-0.3, -0.25) is 0 Å². The third kappa shape index (κ3) is 6.05. The predicted octanol–water partition coefficient (Wildman–Crippen LogP) is 3.98. The fourth-order valence-corrected chi connectivity index (χ4v) is 2.75. The monoisotopic (exact) mass is 312 g/mol. The third-order valence-electron chi connectivity index (χ3n) is 3.60. The topological polar surface area (TPSA) is 51.6 Å². The van der Waals surface area contributed by atoms with E-state index in [1.54, 1.807) is 0 Å². The van der Waals surface area contributed by atoms with E-state index >= 15 is 0 Å². The number of aromatic nitrogens is 4. The summed E-state index contributed by atoms with van der Waals surface area (Å²) >= 11 is 0. The van der Waals surface area contributed by atoms with Gasteiger partial charge < -0.3 is 0 Å². The van der Waals surface area contributed by atoms with Crippen LogP contribution in [0.5, 0.6) is 0 Å². The number of hydrogen-bond donors (Lipinski definition) is 0. The molecule has 4 heteroatoms. The van der Waals surface area contributed by atoms with Crippen molar-refractivity contribution in [3.63, 3.8) is 0 Å². The molecule has 0 amide bonds. The first-order chi connectivity index (χ1) is 10.6. The van der Waals surface area contributed by atoms with Gasteiger partial charge in [0, 0.05) is 30.2 Å². The van der Waals surface area contributed by atoms with Crippen LogP contribution in [0.1, 0.15) is 57.7 Å². The highest BCUT2D eigenvalue weighted by atomic mass is 14.9. The molecule has 0 spiro atoms. The van der Waals surface area contributed by atoms with E-state index in [0.29, 0.717) is 0 Å². The summed E-state index contributed by atoms with van der Waals surface area (Å²) < 4.78 is 0. The van der Waals surface area contributed by atoms with Crippen molar-refractivity contribution in [3.8, 4) is 0 Å². The lowest BCUT2D eigenvalue weighted by Gasteiger charge is -2.24. The fourth-order valence-electron chi connectivity index (χ4n) is 2.75. The van der Waals surface area contributed by atoms with Crippen molar-refractivity contribution < 1.29 is 0 Å².